The SMILES string of the molecule is C=C(CCCC)CCCCCC(=C)c1ccc(CCCC)c(NC(=C)C2=CC=C(C3CC3)C2)c1. The van der Waals surface area contributed by atoms with E-state index in [1.54, 1.807) is 5.57 Å². The van der Waals surface area contributed by atoms with Gasteiger partial charge >= 0.3 is 0 Å². The van der Waals surface area contributed by atoms with E-state index in [9.17, 15) is 0 Å². The highest BCUT2D eigenvalue weighted by Gasteiger charge is 2.28. The summed E-state index contributed by atoms with van der Waals surface area (Å²) in [6.45, 7) is 17.6. The maximum Gasteiger partial charge on any atom is 0.0422 e. The molecule has 1 aromatic carbocycles. The minimum absolute atomic E-state index is 0.836. The van der Waals surface area contributed by atoms with Crippen molar-refractivity contribution in [2.45, 2.75) is 104 Å². The zero-order valence-corrected chi connectivity index (χ0v) is 22.0. The molecule has 0 atom stereocenters. The van der Waals surface area contributed by atoms with Crippen LogP contribution in [0.5, 0.6) is 0 Å². The highest BCUT2D eigenvalue weighted by molar-refractivity contribution is 5.70. The molecule has 2 aliphatic rings. The zero-order valence-electron chi connectivity index (χ0n) is 22.0. The zero-order chi connectivity index (χ0) is 24.3. The Morgan fingerprint density at radius 3 is 2.35 bits per heavy atom. The lowest BCUT2D eigenvalue weighted by atomic mass is 9.96. The summed E-state index contributed by atoms with van der Waals surface area (Å²) in [5.74, 6) is 0.836. The molecule has 0 aliphatic heterocycles. The van der Waals surface area contributed by atoms with E-state index in [1.807, 2.05) is 0 Å². The average Bonchev–Trinajstić information content (AvgIpc) is 3.57. The first-order valence-electron chi connectivity index (χ1n) is 13.9. The fourth-order valence-corrected chi connectivity index (χ4v) is 4.81. The Bertz CT molecular complexity index is 922. The van der Waals surface area contributed by atoms with Crippen molar-refractivity contribution >= 4 is 11.3 Å². The number of benzene rings is 1. The molecule has 184 valence electrons. The summed E-state index contributed by atoms with van der Waals surface area (Å²) in [5.41, 5.74) is 10.5. The third-order valence-electron chi connectivity index (χ3n) is 7.38. The van der Waals surface area contributed by atoms with Gasteiger partial charge in [-0.25, -0.2) is 0 Å². The number of hydrogen-bond acceptors (Lipinski definition) is 1. The molecule has 0 aromatic heterocycles. The molecule has 0 bridgehead atoms. The van der Waals surface area contributed by atoms with E-state index < -0.39 is 0 Å². The average molecular weight is 458 g/mol. The number of rotatable bonds is 17. The lowest BCUT2D eigenvalue weighted by Gasteiger charge is -2.18. The molecule has 2 aliphatic carbocycles. The molecule has 3 rings (SSSR count). The van der Waals surface area contributed by atoms with Gasteiger partial charge in [0, 0.05) is 11.4 Å². The standard InChI is InChI=1S/C33H47N/c1-6-8-13-25(3)14-11-10-12-15-26(4)30-20-19-29(16-9-7-2)33(24-30)34-27(5)31-21-22-32(23-31)28-17-18-28/h19-22,24,28,34H,3-18,23H2,1-2H3. The maximum absolute atomic E-state index is 4.44. The largest absolute Gasteiger partial charge is 0.356 e. The van der Waals surface area contributed by atoms with Gasteiger partial charge in [-0.05, 0) is 105 Å². The second-order valence-electron chi connectivity index (χ2n) is 10.5. The summed E-state index contributed by atoms with van der Waals surface area (Å²) < 4.78 is 0. The highest BCUT2D eigenvalue weighted by Crippen LogP contribution is 2.42. The van der Waals surface area contributed by atoms with Gasteiger partial charge in [0.25, 0.3) is 0 Å². The molecular weight excluding hydrogens is 410 g/mol. The predicted octanol–water partition coefficient (Wildman–Crippen LogP) is 10.3. The molecule has 1 heteroatoms. The van der Waals surface area contributed by atoms with Gasteiger partial charge in [0.2, 0.25) is 0 Å². The van der Waals surface area contributed by atoms with Crippen molar-refractivity contribution in [2.75, 3.05) is 5.32 Å². The molecule has 34 heavy (non-hydrogen) atoms. The molecule has 0 radical (unpaired) electrons. The van der Waals surface area contributed by atoms with Crippen molar-refractivity contribution in [3.8, 4) is 0 Å². The Labute approximate surface area is 209 Å². The van der Waals surface area contributed by atoms with Crippen molar-refractivity contribution < 1.29 is 0 Å². The number of aryl methyl sites for hydroxylation is 1. The summed E-state index contributed by atoms with van der Waals surface area (Å²) in [5, 5.41) is 3.70. The Morgan fingerprint density at radius 2 is 1.62 bits per heavy atom. The molecule has 0 saturated heterocycles. The van der Waals surface area contributed by atoms with Crippen molar-refractivity contribution in [3.05, 3.63) is 83.6 Å². The molecular formula is C33H47N. The minimum atomic E-state index is 0.836. The molecule has 1 nitrogen and oxygen atoms in total. The monoisotopic (exact) mass is 457 g/mol. The summed E-state index contributed by atoms with van der Waals surface area (Å²) >= 11 is 0. The first-order valence-corrected chi connectivity index (χ1v) is 13.9. The van der Waals surface area contributed by atoms with Gasteiger partial charge in [0.1, 0.15) is 0 Å². The molecule has 0 heterocycles. The van der Waals surface area contributed by atoms with Crippen molar-refractivity contribution in [1.82, 2.24) is 0 Å². The second kappa shape index (κ2) is 13.6. The van der Waals surface area contributed by atoms with E-state index in [0.29, 0.717) is 0 Å². The fraction of sp³-hybridized carbons (Fsp3) is 0.515. The lowest BCUT2D eigenvalue weighted by molar-refractivity contribution is 0.664. The number of unbranched alkanes of at least 4 members (excludes halogenated alkanes) is 4. The van der Waals surface area contributed by atoms with Gasteiger partial charge in [0.15, 0.2) is 0 Å². The summed E-state index contributed by atoms with van der Waals surface area (Å²) in [6, 6.07) is 6.89. The van der Waals surface area contributed by atoms with Crippen LogP contribution in [0.1, 0.15) is 108 Å². The fourth-order valence-electron chi connectivity index (χ4n) is 4.81. The summed E-state index contributed by atoms with van der Waals surface area (Å²) in [7, 11) is 0. The van der Waals surface area contributed by atoms with Crippen LogP contribution in [0.4, 0.5) is 5.69 Å². The topological polar surface area (TPSA) is 12.0 Å². The van der Waals surface area contributed by atoms with Crippen LogP contribution >= 0.6 is 0 Å². The Morgan fingerprint density at radius 1 is 0.882 bits per heavy atom. The highest BCUT2D eigenvalue weighted by atomic mass is 14.9. The Hall–Kier alpha value is -2.28. The van der Waals surface area contributed by atoms with Gasteiger partial charge in [-0.15, -0.1) is 0 Å². The lowest BCUT2D eigenvalue weighted by Crippen LogP contribution is -2.05. The van der Waals surface area contributed by atoms with Gasteiger partial charge in [-0.1, -0.05) is 88.3 Å². The molecule has 0 amide bonds. The number of hydrogen-bond donors (Lipinski definition) is 1. The first kappa shape index (κ1) is 26.3. The quantitative estimate of drug-likeness (QED) is 0.181. The van der Waals surface area contributed by atoms with Crippen molar-refractivity contribution in [1.29, 1.82) is 0 Å². The molecule has 1 saturated carbocycles. The van der Waals surface area contributed by atoms with Crippen LogP contribution in [0.2, 0.25) is 0 Å². The smallest absolute Gasteiger partial charge is 0.0422 e. The van der Waals surface area contributed by atoms with E-state index in [4.69, 9.17) is 0 Å². The van der Waals surface area contributed by atoms with E-state index in [1.165, 1.54) is 104 Å². The van der Waals surface area contributed by atoms with E-state index in [-0.39, 0.29) is 0 Å². The number of anilines is 1. The molecule has 1 N–H and O–H groups in total. The van der Waals surface area contributed by atoms with E-state index >= 15 is 0 Å². The van der Waals surface area contributed by atoms with Gasteiger partial charge in [-0.2, -0.15) is 0 Å². The van der Waals surface area contributed by atoms with Crippen LogP contribution in [-0.2, 0) is 6.42 Å². The third kappa shape index (κ3) is 8.19. The molecule has 0 spiro atoms. The summed E-state index contributed by atoms with van der Waals surface area (Å²) in [4.78, 5) is 0. The normalized spacial score (nSPS) is 15.1. The van der Waals surface area contributed by atoms with Crippen LogP contribution in [0.25, 0.3) is 5.57 Å². The van der Waals surface area contributed by atoms with Crippen molar-refractivity contribution in [3.63, 3.8) is 0 Å². The molecule has 0 unspecified atom stereocenters. The van der Waals surface area contributed by atoms with Gasteiger partial charge in [0.05, 0.1) is 0 Å². The van der Waals surface area contributed by atoms with Crippen LogP contribution in [0.15, 0.2) is 72.5 Å². The van der Waals surface area contributed by atoms with Crippen LogP contribution in [0, 0.1) is 5.92 Å². The Balaban J connectivity index is 1.53. The molecule has 1 aromatic rings. The number of allylic oxidation sites excluding steroid dienone is 6. The van der Waals surface area contributed by atoms with Crippen LogP contribution in [-0.4, -0.2) is 0 Å². The predicted molar refractivity (Wildman–Crippen MR) is 152 cm³/mol. The second-order valence-corrected chi connectivity index (χ2v) is 10.5. The third-order valence-corrected chi connectivity index (χ3v) is 7.38. The maximum atomic E-state index is 4.44. The minimum Gasteiger partial charge on any atom is -0.356 e. The number of nitrogens with one attached hydrogen (secondary N) is 1. The van der Waals surface area contributed by atoms with E-state index in [2.05, 4.69) is 69.3 Å². The van der Waals surface area contributed by atoms with Gasteiger partial charge in [-0.3, -0.25) is 0 Å². The van der Waals surface area contributed by atoms with Crippen molar-refractivity contribution in [2.24, 2.45) is 5.92 Å². The summed E-state index contributed by atoms with van der Waals surface area (Å²) in [6.07, 6.45) is 21.6. The first-order chi connectivity index (χ1) is 16.5. The van der Waals surface area contributed by atoms with Gasteiger partial charge < -0.3 is 5.32 Å². The molecule has 1 fully saturated rings. The Kier molecular flexibility index (Phi) is 10.5. The van der Waals surface area contributed by atoms with Crippen LogP contribution < -0.4 is 5.32 Å². The van der Waals surface area contributed by atoms with E-state index in [0.717, 1.165) is 30.9 Å². The van der Waals surface area contributed by atoms with Crippen LogP contribution in [0.3, 0.4) is 0 Å².